The van der Waals surface area contributed by atoms with Gasteiger partial charge < -0.3 is 22.1 Å². The maximum absolute atomic E-state index is 7.21. The van der Waals surface area contributed by atoms with Crippen LogP contribution >= 0.6 is 0 Å². The van der Waals surface area contributed by atoms with Gasteiger partial charge in [-0.3, -0.25) is 10.4 Å². The third-order valence-electron chi connectivity index (χ3n) is 3.28. The minimum absolute atomic E-state index is 0.0132. The first-order valence-electron chi connectivity index (χ1n) is 6.76. The summed E-state index contributed by atoms with van der Waals surface area (Å²) in [5.41, 5.74) is 14.4. The molecule has 0 aliphatic rings. The molecule has 0 saturated carbocycles. The van der Waals surface area contributed by atoms with Crippen LogP contribution in [0.3, 0.4) is 0 Å². The average molecular weight is 280 g/mol. The minimum atomic E-state index is -0.0313. The number of rotatable bonds is 7. The van der Waals surface area contributed by atoms with Gasteiger partial charge in [-0.15, -0.1) is 0 Å². The van der Waals surface area contributed by atoms with Crippen LogP contribution in [0.5, 0.6) is 0 Å². The molecule has 0 radical (unpaired) electrons. The Balaban J connectivity index is 4.48. The van der Waals surface area contributed by atoms with Gasteiger partial charge in [0.25, 0.3) is 0 Å². The van der Waals surface area contributed by atoms with E-state index in [-0.39, 0.29) is 12.0 Å². The van der Waals surface area contributed by atoms with Crippen LogP contribution in [0, 0.1) is 5.41 Å². The molecule has 114 valence electrons. The largest absolute Gasteiger partial charge is 0.386 e. The summed E-state index contributed by atoms with van der Waals surface area (Å²) in [6.45, 7) is 10.4. The molecule has 6 heteroatoms. The number of nitrogens with one attached hydrogen (secondary N) is 3. The van der Waals surface area contributed by atoms with Gasteiger partial charge >= 0.3 is 0 Å². The zero-order chi connectivity index (χ0) is 15.7. The van der Waals surface area contributed by atoms with Crippen molar-refractivity contribution >= 4 is 12.2 Å². The number of nitrogens with two attached hydrogens (primary N) is 2. The van der Waals surface area contributed by atoms with E-state index in [4.69, 9.17) is 16.9 Å². The number of hydrogen-bond acceptors (Lipinski definition) is 4. The Bertz CT molecular complexity index is 419. The predicted molar refractivity (Wildman–Crippen MR) is 86.6 cm³/mol. The van der Waals surface area contributed by atoms with Crippen molar-refractivity contribution in [1.82, 2.24) is 10.6 Å². The average Bonchev–Trinajstić information content (AvgIpc) is 2.40. The number of hydrogen-bond donors (Lipinski definition) is 5. The summed E-state index contributed by atoms with van der Waals surface area (Å²) < 4.78 is 0. The Labute approximate surface area is 121 Å². The van der Waals surface area contributed by atoms with Gasteiger partial charge in [-0.2, -0.15) is 0 Å². The van der Waals surface area contributed by atoms with Gasteiger partial charge in [-0.25, -0.2) is 0 Å². The molecule has 6 nitrogen and oxygen atoms in total. The summed E-state index contributed by atoms with van der Waals surface area (Å²) in [7, 11) is 0. The Morgan fingerprint density at radius 2 is 1.90 bits per heavy atom. The summed E-state index contributed by atoms with van der Waals surface area (Å²) in [4.78, 5) is 4.29. The van der Waals surface area contributed by atoms with Crippen molar-refractivity contribution in [3.8, 4) is 0 Å². The standard InChI is InChI=1S/C14H28N6/c1-6-9(2)13(15)19-8-18-7-10(3)11(4)12(5)20-14(16)17/h7,12,19H,6,8,15H2,1-5H3,(H4,16,17,20)/b11-10-,13-9+,18-7-. The Morgan fingerprint density at radius 1 is 1.30 bits per heavy atom. The highest BCUT2D eigenvalue weighted by atomic mass is 15.1. The van der Waals surface area contributed by atoms with Gasteiger partial charge in [0.05, 0.1) is 5.82 Å². The quantitative estimate of drug-likeness (QED) is 0.358. The van der Waals surface area contributed by atoms with Crippen LogP contribution < -0.4 is 22.1 Å². The number of nitrogens with zero attached hydrogens (tertiary/aromatic N) is 1. The monoisotopic (exact) mass is 280 g/mol. The topological polar surface area (TPSA) is 112 Å². The van der Waals surface area contributed by atoms with Gasteiger partial charge in [0.2, 0.25) is 0 Å². The summed E-state index contributed by atoms with van der Waals surface area (Å²) in [6.07, 6.45) is 2.73. The number of allylic oxidation sites excluding steroid dienone is 2. The first-order valence-corrected chi connectivity index (χ1v) is 6.76. The number of aliphatic imine (C=N–C) groups is 1. The molecule has 0 aliphatic carbocycles. The van der Waals surface area contributed by atoms with Gasteiger partial charge in [-0.05, 0) is 50.8 Å². The fourth-order valence-corrected chi connectivity index (χ4v) is 1.44. The van der Waals surface area contributed by atoms with E-state index in [2.05, 4.69) is 22.5 Å². The first kappa shape index (κ1) is 18.0. The molecule has 0 aromatic heterocycles. The molecule has 20 heavy (non-hydrogen) atoms. The van der Waals surface area contributed by atoms with Crippen molar-refractivity contribution < 1.29 is 0 Å². The van der Waals surface area contributed by atoms with E-state index < -0.39 is 0 Å². The van der Waals surface area contributed by atoms with Gasteiger partial charge in [-0.1, -0.05) is 6.92 Å². The van der Waals surface area contributed by atoms with Crippen LogP contribution in [-0.2, 0) is 0 Å². The highest BCUT2D eigenvalue weighted by molar-refractivity contribution is 5.80. The van der Waals surface area contributed by atoms with Gasteiger partial charge in [0.1, 0.15) is 6.67 Å². The summed E-state index contributed by atoms with van der Waals surface area (Å²) in [5, 5.41) is 13.1. The lowest BCUT2D eigenvalue weighted by Crippen LogP contribution is -2.38. The molecule has 1 atom stereocenters. The maximum Gasteiger partial charge on any atom is 0.186 e. The third-order valence-corrected chi connectivity index (χ3v) is 3.28. The second kappa shape index (κ2) is 9.01. The lowest BCUT2D eigenvalue weighted by Gasteiger charge is -2.15. The molecule has 0 fully saturated rings. The summed E-state index contributed by atoms with van der Waals surface area (Å²) in [5.74, 6) is 0.658. The Morgan fingerprint density at radius 3 is 2.40 bits per heavy atom. The van der Waals surface area contributed by atoms with Gasteiger partial charge in [0, 0.05) is 12.3 Å². The highest BCUT2D eigenvalue weighted by Crippen LogP contribution is 2.06. The molecule has 0 aliphatic heterocycles. The predicted octanol–water partition coefficient (Wildman–Crippen LogP) is 1.41. The summed E-state index contributed by atoms with van der Waals surface area (Å²) >= 11 is 0. The fraction of sp³-hybridized carbons (Fsp3) is 0.571. The van der Waals surface area contributed by atoms with E-state index in [1.165, 1.54) is 0 Å². The van der Waals surface area contributed by atoms with Crippen molar-refractivity contribution in [2.75, 3.05) is 6.67 Å². The molecule has 0 saturated heterocycles. The fourth-order valence-electron chi connectivity index (χ4n) is 1.44. The molecule has 0 heterocycles. The van der Waals surface area contributed by atoms with Crippen molar-refractivity contribution in [3.05, 3.63) is 22.5 Å². The van der Waals surface area contributed by atoms with E-state index in [9.17, 15) is 0 Å². The van der Waals surface area contributed by atoms with Crippen LogP contribution in [0.2, 0.25) is 0 Å². The summed E-state index contributed by atoms with van der Waals surface area (Å²) in [6, 6.07) is 0.0132. The van der Waals surface area contributed by atoms with Crippen molar-refractivity contribution in [1.29, 1.82) is 5.41 Å². The van der Waals surface area contributed by atoms with Crippen LogP contribution in [0.15, 0.2) is 27.5 Å². The molecular weight excluding hydrogens is 252 g/mol. The molecular formula is C14H28N6. The molecule has 0 aromatic carbocycles. The van der Waals surface area contributed by atoms with Crippen molar-refractivity contribution in [3.63, 3.8) is 0 Å². The van der Waals surface area contributed by atoms with E-state index in [0.29, 0.717) is 12.5 Å². The Kier molecular flexibility index (Phi) is 8.12. The molecule has 0 aromatic rings. The van der Waals surface area contributed by atoms with E-state index in [1.807, 2.05) is 27.7 Å². The lowest BCUT2D eigenvalue weighted by molar-refractivity contribution is 0.745. The van der Waals surface area contributed by atoms with Crippen LogP contribution in [0.1, 0.15) is 41.0 Å². The zero-order valence-corrected chi connectivity index (χ0v) is 13.2. The second-order valence-corrected chi connectivity index (χ2v) is 4.84. The molecule has 7 N–H and O–H groups in total. The van der Waals surface area contributed by atoms with Crippen molar-refractivity contribution in [2.24, 2.45) is 16.5 Å². The highest BCUT2D eigenvalue weighted by Gasteiger charge is 2.06. The van der Waals surface area contributed by atoms with E-state index in [0.717, 1.165) is 23.1 Å². The molecule has 0 spiro atoms. The van der Waals surface area contributed by atoms with Gasteiger partial charge in [0.15, 0.2) is 5.96 Å². The van der Waals surface area contributed by atoms with E-state index >= 15 is 0 Å². The maximum atomic E-state index is 7.21. The smallest absolute Gasteiger partial charge is 0.186 e. The normalized spacial score (nSPS) is 15.4. The molecule has 1 unspecified atom stereocenters. The molecule has 0 bridgehead atoms. The first-order chi connectivity index (χ1) is 9.29. The zero-order valence-electron chi connectivity index (χ0n) is 13.2. The SMILES string of the molecule is CC/C(C)=C(\N)NC/N=C\C(C)=C(\C)C(C)NC(=N)N. The van der Waals surface area contributed by atoms with Crippen LogP contribution in [-0.4, -0.2) is 24.9 Å². The van der Waals surface area contributed by atoms with Crippen LogP contribution in [0.4, 0.5) is 0 Å². The third kappa shape index (κ3) is 6.82. The van der Waals surface area contributed by atoms with E-state index in [1.54, 1.807) is 6.21 Å². The molecule has 0 rings (SSSR count). The second-order valence-electron chi connectivity index (χ2n) is 4.84. The van der Waals surface area contributed by atoms with Crippen molar-refractivity contribution in [2.45, 2.75) is 47.1 Å². The molecule has 0 amide bonds. The number of guanidine groups is 1. The Hall–Kier alpha value is -1.98. The lowest BCUT2D eigenvalue weighted by atomic mass is 10.1. The van der Waals surface area contributed by atoms with Crippen LogP contribution in [0.25, 0.3) is 0 Å². The minimum Gasteiger partial charge on any atom is -0.386 e.